The average Bonchev–Trinajstić information content (AvgIpc) is 2.29. The molecule has 4 nitrogen and oxygen atoms in total. The van der Waals surface area contributed by atoms with Crippen molar-refractivity contribution in [1.82, 2.24) is 4.90 Å². The second-order valence-electron chi connectivity index (χ2n) is 4.56. The number of hydrogen-bond acceptors (Lipinski definition) is 3. The first-order valence-electron chi connectivity index (χ1n) is 6.31. The molecule has 1 heterocycles. The van der Waals surface area contributed by atoms with E-state index in [1.54, 1.807) is 6.92 Å². The monoisotopic (exact) mass is 264 g/mol. The van der Waals surface area contributed by atoms with Gasteiger partial charge in [0.2, 0.25) is 5.91 Å². The Morgan fingerprint density at radius 2 is 2.24 bits per heavy atom. The quantitative estimate of drug-likeness (QED) is 0.820. The Labute approximate surface area is 110 Å². The molecule has 102 valence electrons. The van der Waals surface area contributed by atoms with Gasteiger partial charge in [-0.2, -0.15) is 0 Å². The van der Waals surface area contributed by atoms with Crippen LogP contribution < -0.4 is 5.73 Å². The van der Waals surface area contributed by atoms with E-state index < -0.39 is 6.04 Å². The molecule has 0 radical (unpaired) electrons. The van der Waals surface area contributed by atoms with Gasteiger partial charge < -0.3 is 15.4 Å². The van der Waals surface area contributed by atoms with Gasteiger partial charge in [-0.05, 0) is 32.6 Å². The number of nitrogens with two attached hydrogens (primary N) is 1. The Bertz CT molecular complexity index is 219. The van der Waals surface area contributed by atoms with E-state index in [9.17, 15) is 4.79 Å². The molecule has 1 fully saturated rings. The maximum atomic E-state index is 11.9. The minimum atomic E-state index is -0.407. The van der Waals surface area contributed by atoms with E-state index in [0.717, 1.165) is 32.4 Å². The maximum absolute atomic E-state index is 11.9. The van der Waals surface area contributed by atoms with Crippen LogP contribution in [-0.4, -0.2) is 42.6 Å². The predicted octanol–water partition coefficient (Wildman–Crippen LogP) is 1.56. The van der Waals surface area contributed by atoms with Crippen LogP contribution in [0.25, 0.3) is 0 Å². The topological polar surface area (TPSA) is 55.6 Å². The number of amides is 1. The van der Waals surface area contributed by atoms with Crippen molar-refractivity contribution >= 4 is 18.3 Å². The molecule has 2 atom stereocenters. The van der Waals surface area contributed by atoms with Gasteiger partial charge in [0.25, 0.3) is 0 Å². The fraction of sp³-hybridized carbons (Fsp3) is 0.917. The third-order valence-corrected chi connectivity index (χ3v) is 2.89. The molecule has 0 saturated carbocycles. The molecule has 0 aromatic rings. The number of rotatable bonds is 5. The molecule has 1 saturated heterocycles. The molecule has 0 aromatic heterocycles. The summed E-state index contributed by atoms with van der Waals surface area (Å²) in [5, 5.41) is 0. The summed E-state index contributed by atoms with van der Waals surface area (Å²) >= 11 is 0. The fourth-order valence-corrected chi connectivity index (χ4v) is 2.05. The Morgan fingerprint density at radius 3 is 2.71 bits per heavy atom. The van der Waals surface area contributed by atoms with Gasteiger partial charge in [-0.1, -0.05) is 6.92 Å². The first-order valence-corrected chi connectivity index (χ1v) is 6.31. The van der Waals surface area contributed by atoms with Crippen molar-refractivity contribution in [2.75, 3.05) is 19.7 Å². The molecule has 0 aliphatic carbocycles. The number of hydrogen-bond donors (Lipinski definition) is 1. The first kappa shape index (κ1) is 16.7. The van der Waals surface area contributed by atoms with Gasteiger partial charge in [0.1, 0.15) is 0 Å². The summed E-state index contributed by atoms with van der Waals surface area (Å²) in [6.07, 6.45) is 4.59. The lowest BCUT2D eigenvalue weighted by atomic mass is 10.1. The molecular weight excluding hydrogens is 240 g/mol. The summed E-state index contributed by atoms with van der Waals surface area (Å²) in [7, 11) is 0. The molecule has 1 aliphatic heterocycles. The molecule has 17 heavy (non-hydrogen) atoms. The lowest BCUT2D eigenvalue weighted by Gasteiger charge is -2.30. The third kappa shape index (κ3) is 5.70. The van der Waals surface area contributed by atoms with Gasteiger partial charge in [0.05, 0.1) is 12.1 Å². The van der Waals surface area contributed by atoms with Gasteiger partial charge in [-0.3, -0.25) is 4.79 Å². The summed E-state index contributed by atoms with van der Waals surface area (Å²) in [5.41, 5.74) is 5.64. The lowest BCUT2D eigenvalue weighted by Crippen LogP contribution is -2.46. The standard InChI is InChI=1S/C12H24N2O2.ClH/c1-3-7-14(12(15)10(2)13)9-11-6-4-5-8-16-11;/h10-11H,3-9,13H2,1-2H3;1H/t10-,11?;/m1./s1. The molecule has 2 N–H and O–H groups in total. The van der Waals surface area contributed by atoms with Crippen LogP contribution in [0.4, 0.5) is 0 Å². The Balaban J connectivity index is 0.00000256. The van der Waals surface area contributed by atoms with Crippen molar-refractivity contribution in [3.05, 3.63) is 0 Å². The van der Waals surface area contributed by atoms with E-state index in [1.807, 2.05) is 4.90 Å². The smallest absolute Gasteiger partial charge is 0.239 e. The van der Waals surface area contributed by atoms with Crippen molar-refractivity contribution < 1.29 is 9.53 Å². The second-order valence-corrected chi connectivity index (χ2v) is 4.56. The number of halogens is 1. The van der Waals surface area contributed by atoms with Crippen molar-refractivity contribution in [3.8, 4) is 0 Å². The molecule has 1 unspecified atom stereocenters. The molecule has 1 aliphatic rings. The van der Waals surface area contributed by atoms with Crippen LogP contribution >= 0.6 is 12.4 Å². The largest absolute Gasteiger partial charge is 0.376 e. The van der Waals surface area contributed by atoms with Crippen LogP contribution in [0.3, 0.4) is 0 Å². The zero-order chi connectivity index (χ0) is 12.0. The summed E-state index contributed by atoms with van der Waals surface area (Å²) in [6.45, 7) is 6.13. The fourth-order valence-electron chi connectivity index (χ4n) is 2.05. The van der Waals surface area contributed by atoms with Crippen LogP contribution in [0.1, 0.15) is 39.5 Å². The van der Waals surface area contributed by atoms with Gasteiger partial charge in [-0.25, -0.2) is 0 Å². The summed E-state index contributed by atoms with van der Waals surface area (Å²) in [5.74, 6) is 0.0380. The van der Waals surface area contributed by atoms with Gasteiger partial charge in [0, 0.05) is 19.7 Å². The van der Waals surface area contributed by atoms with Crippen molar-refractivity contribution in [3.63, 3.8) is 0 Å². The second kappa shape index (κ2) is 8.72. The van der Waals surface area contributed by atoms with E-state index >= 15 is 0 Å². The molecule has 0 spiro atoms. The molecule has 0 aromatic carbocycles. The van der Waals surface area contributed by atoms with E-state index in [0.29, 0.717) is 6.54 Å². The first-order chi connectivity index (χ1) is 7.65. The number of nitrogens with zero attached hydrogens (tertiary/aromatic N) is 1. The van der Waals surface area contributed by atoms with Crippen molar-refractivity contribution in [2.45, 2.75) is 51.7 Å². The maximum Gasteiger partial charge on any atom is 0.239 e. The zero-order valence-corrected chi connectivity index (χ0v) is 11.7. The van der Waals surface area contributed by atoms with Crippen molar-refractivity contribution in [2.24, 2.45) is 5.73 Å². The Kier molecular flexibility index (Phi) is 8.56. The van der Waals surface area contributed by atoms with Gasteiger partial charge in [0.15, 0.2) is 0 Å². The van der Waals surface area contributed by atoms with Gasteiger partial charge in [-0.15, -0.1) is 12.4 Å². The number of carbonyl (C=O) groups is 1. The minimum Gasteiger partial charge on any atom is -0.376 e. The Morgan fingerprint density at radius 1 is 1.53 bits per heavy atom. The van der Waals surface area contributed by atoms with E-state index in [4.69, 9.17) is 10.5 Å². The molecular formula is C12H25ClN2O2. The highest BCUT2D eigenvalue weighted by atomic mass is 35.5. The van der Waals surface area contributed by atoms with Crippen LogP contribution in [0.5, 0.6) is 0 Å². The Hall–Kier alpha value is -0.320. The van der Waals surface area contributed by atoms with E-state index in [2.05, 4.69) is 6.92 Å². The van der Waals surface area contributed by atoms with Gasteiger partial charge >= 0.3 is 0 Å². The van der Waals surface area contributed by atoms with E-state index in [1.165, 1.54) is 6.42 Å². The zero-order valence-electron chi connectivity index (χ0n) is 10.9. The summed E-state index contributed by atoms with van der Waals surface area (Å²) < 4.78 is 5.65. The predicted molar refractivity (Wildman–Crippen MR) is 71.4 cm³/mol. The highest BCUT2D eigenvalue weighted by Crippen LogP contribution is 2.14. The van der Waals surface area contributed by atoms with Crippen LogP contribution in [0, 0.1) is 0 Å². The third-order valence-electron chi connectivity index (χ3n) is 2.89. The molecule has 1 amide bonds. The highest BCUT2D eigenvalue weighted by Gasteiger charge is 2.22. The lowest BCUT2D eigenvalue weighted by molar-refractivity contribution is -0.134. The normalized spacial score (nSPS) is 21.5. The van der Waals surface area contributed by atoms with Crippen molar-refractivity contribution in [1.29, 1.82) is 0 Å². The molecule has 0 bridgehead atoms. The SMILES string of the molecule is CCCN(CC1CCCCO1)C(=O)[C@@H](C)N.Cl. The minimum absolute atomic E-state index is 0. The van der Waals surface area contributed by atoms with Crippen LogP contribution in [0.2, 0.25) is 0 Å². The summed E-state index contributed by atoms with van der Waals surface area (Å²) in [6, 6.07) is -0.407. The molecule has 1 rings (SSSR count). The molecule has 5 heteroatoms. The average molecular weight is 265 g/mol. The highest BCUT2D eigenvalue weighted by molar-refractivity contribution is 5.85. The number of ether oxygens (including phenoxy) is 1. The van der Waals surface area contributed by atoms with Crippen LogP contribution in [0.15, 0.2) is 0 Å². The summed E-state index contributed by atoms with van der Waals surface area (Å²) in [4.78, 5) is 13.7. The van der Waals surface area contributed by atoms with Crippen LogP contribution in [-0.2, 0) is 9.53 Å². The number of carbonyl (C=O) groups excluding carboxylic acids is 1. The van der Waals surface area contributed by atoms with E-state index in [-0.39, 0.29) is 24.4 Å².